The first-order valence-corrected chi connectivity index (χ1v) is 25.5. The van der Waals surface area contributed by atoms with Crippen molar-refractivity contribution >= 4 is 44.0 Å². The fourth-order valence-electron chi connectivity index (χ4n) is 11.7. The van der Waals surface area contributed by atoms with Crippen LogP contribution in [0.5, 0.6) is 17.2 Å². The number of halogens is 1. The summed E-state index contributed by atoms with van der Waals surface area (Å²) in [5.74, 6) is -0.830. The number of anilines is 2. The van der Waals surface area contributed by atoms with Crippen molar-refractivity contribution in [3.05, 3.63) is 105 Å². The molecule has 1 spiro atoms. The summed E-state index contributed by atoms with van der Waals surface area (Å²) in [6, 6.07) is 18.2. The van der Waals surface area contributed by atoms with Gasteiger partial charge in [0.05, 0.1) is 38.1 Å². The van der Waals surface area contributed by atoms with Crippen LogP contribution in [-0.2, 0) is 10.0 Å². The molecule has 0 unspecified atom stereocenters. The smallest absolute Gasteiger partial charge is 0.297 e. The van der Waals surface area contributed by atoms with E-state index in [4.69, 9.17) is 9.47 Å². The van der Waals surface area contributed by atoms with Crippen LogP contribution in [0.2, 0.25) is 0 Å². The van der Waals surface area contributed by atoms with Gasteiger partial charge in [0, 0.05) is 55.3 Å². The number of rotatable bonds is 11. The number of carbonyl (C=O) groups excluding carboxylic acids is 1. The minimum Gasteiger partial charge on any atom is -0.489 e. The van der Waals surface area contributed by atoms with Gasteiger partial charge in [0.2, 0.25) is 0 Å². The maximum Gasteiger partial charge on any atom is 0.297 e. The fraction of sp³-hybridized carbons (Fsp3) is 0.490. The molecule has 68 heavy (non-hydrogen) atoms. The second-order valence-electron chi connectivity index (χ2n) is 20.5. The Morgan fingerprint density at radius 2 is 1.78 bits per heavy atom. The van der Waals surface area contributed by atoms with Crippen LogP contribution in [-0.4, -0.2) is 83.1 Å². The first-order chi connectivity index (χ1) is 32.5. The van der Waals surface area contributed by atoms with Gasteiger partial charge >= 0.3 is 0 Å². The van der Waals surface area contributed by atoms with Gasteiger partial charge in [-0.15, -0.1) is 0 Å². The van der Waals surface area contributed by atoms with E-state index >= 15 is 0 Å². The van der Waals surface area contributed by atoms with E-state index in [1.807, 2.05) is 0 Å². The Morgan fingerprint density at radius 3 is 2.51 bits per heavy atom. The van der Waals surface area contributed by atoms with Gasteiger partial charge in [0.1, 0.15) is 29.6 Å². The minimum absolute atomic E-state index is 0.0248. The van der Waals surface area contributed by atoms with Crippen molar-refractivity contribution in [1.82, 2.24) is 19.6 Å². The molecule has 0 radical (unpaired) electrons. The van der Waals surface area contributed by atoms with Crippen LogP contribution in [0, 0.1) is 34.2 Å². The molecule has 2 atom stereocenters. The summed E-state index contributed by atoms with van der Waals surface area (Å²) in [4.78, 5) is 37.7. The quantitative estimate of drug-likeness (QED) is 0.0725. The number of piperidine rings is 1. The number of sulfonamides is 1. The Labute approximate surface area is 396 Å². The molecular weight excluding hydrogens is 890 g/mol. The van der Waals surface area contributed by atoms with E-state index in [1.54, 1.807) is 26.0 Å². The minimum atomic E-state index is -4.72. The summed E-state index contributed by atoms with van der Waals surface area (Å²) >= 11 is 0. The number of amides is 1. The number of nitrogens with one attached hydrogen (secondary N) is 3. The lowest BCUT2D eigenvalue weighted by Gasteiger charge is -2.56. The van der Waals surface area contributed by atoms with Crippen LogP contribution in [0.15, 0.2) is 71.8 Å². The zero-order valence-corrected chi connectivity index (χ0v) is 39.8. The lowest BCUT2D eigenvalue weighted by Crippen LogP contribution is -2.54. The van der Waals surface area contributed by atoms with E-state index in [-0.39, 0.29) is 57.9 Å². The lowest BCUT2D eigenvalue weighted by atomic mass is 9.59. The third-order valence-corrected chi connectivity index (χ3v) is 17.0. The second-order valence-corrected chi connectivity index (χ2v) is 22.2. The SMILES string of the molecule is Cc1nc2[nH]cc(F)c2cc1Oc1cc(N2CCC3(CC2)CC(N2CCC[C@H]2c2ccccc2C(C)C)C3)ccc1C(=O)NS(=O)(=O)c1cc2c(c([N+](=O)[O-])c1)N[C@@H]([C@H]1CC[C@](C)(O)CC1)CO2. The molecular formula is C51H60FN7O8S. The van der Waals surface area contributed by atoms with E-state index in [2.05, 4.69) is 67.9 Å². The number of nitrogens with zero attached hydrogens (tertiary/aromatic N) is 4. The molecule has 4 fully saturated rings. The van der Waals surface area contributed by atoms with Gasteiger partial charge in [-0.3, -0.25) is 19.8 Å². The number of hydrogen-bond acceptors (Lipinski definition) is 12. The number of likely N-dealkylation sites (tertiary alicyclic amines) is 1. The molecule has 5 aromatic rings. The third-order valence-electron chi connectivity index (χ3n) is 15.7. The molecule has 3 aromatic carbocycles. The normalized spacial score (nSPS) is 24.0. The van der Waals surface area contributed by atoms with Crippen molar-refractivity contribution in [3.8, 4) is 17.2 Å². The predicted molar refractivity (Wildman–Crippen MR) is 257 cm³/mol. The topological polar surface area (TPSA) is 192 Å². The molecule has 15 nitrogen and oxygen atoms in total. The largest absolute Gasteiger partial charge is 0.489 e. The summed E-state index contributed by atoms with van der Waals surface area (Å²) in [7, 11) is -4.72. The molecule has 5 aliphatic rings. The Kier molecular flexibility index (Phi) is 11.9. The molecule has 5 heterocycles. The summed E-state index contributed by atoms with van der Waals surface area (Å²) in [5, 5.41) is 26.3. The molecule has 2 aromatic heterocycles. The number of aryl methyl sites for hydroxylation is 1. The second kappa shape index (κ2) is 17.6. The highest BCUT2D eigenvalue weighted by Gasteiger charge is 2.50. The number of H-pyrrole nitrogens is 1. The lowest BCUT2D eigenvalue weighted by molar-refractivity contribution is -0.384. The Morgan fingerprint density at radius 1 is 1.03 bits per heavy atom. The monoisotopic (exact) mass is 949 g/mol. The first-order valence-electron chi connectivity index (χ1n) is 24.0. The zero-order chi connectivity index (χ0) is 47.7. The standard InChI is InChI=1S/C51H60FN7O8S/c1-30(2)36-8-5-6-9-37(36)42-10-7-19-58(42)34-26-51(27-34)17-20-57(21-18-51)33-11-12-38(45(22-33)67-44-25-39-40(52)28-53-48(39)54-31(44)3)49(60)56-68(64,65)35-23-43(59(62)63)47-46(24-35)66-29-41(55-47)32-13-15-50(4,61)16-14-32/h5-6,8-9,11-12,22-25,28,30,32,34,41-42,55,61H,7,10,13-21,26-27,29H2,1-4H3,(H,53,54)(H,56,60)/t32-,41-,42+,50-/m1/s1. The molecule has 17 heteroatoms. The van der Waals surface area contributed by atoms with Crippen LogP contribution < -0.4 is 24.4 Å². The molecule has 1 amide bonds. The summed E-state index contributed by atoms with van der Waals surface area (Å²) in [6.07, 6.45) is 10.5. The summed E-state index contributed by atoms with van der Waals surface area (Å²) in [6.45, 7) is 10.9. The van der Waals surface area contributed by atoms with Crippen molar-refractivity contribution in [2.24, 2.45) is 11.3 Å². The van der Waals surface area contributed by atoms with Gasteiger partial charge in [-0.2, -0.15) is 0 Å². The van der Waals surface area contributed by atoms with Gasteiger partial charge in [0.15, 0.2) is 11.4 Å². The number of ether oxygens (including phenoxy) is 2. The van der Waals surface area contributed by atoms with Gasteiger partial charge in [0.25, 0.3) is 21.6 Å². The molecule has 4 N–H and O–H groups in total. The first kappa shape index (κ1) is 46.0. The molecule has 360 valence electrons. The van der Waals surface area contributed by atoms with E-state index in [0.717, 1.165) is 57.1 Å². The van der Waals surface area contributed by atoms with E-state index in [0.29, 0.717) is 55.0 Å². The highest BCUT2D eigenvalue weighted by Crippen LogP contribution is 2.54. The number of carbonyl (C=O) groups is 1. The molecule has 2 aliphatic carbocycles. The number of fused-ring (bicyclic) bond motifs is 2. The molecule has 2 saturated heterocycles. The number of pyridine rings is 1. The van der Waals surface area contributed by atoms with E-state index in [9.17, 15) is 32.8 Å². The zero-order valence-electron chi connectivity index (χ0n) is 39.0. The van der Waals surface area contributed by atoms with Gasteiger partial charge < -0.3 is 29.8 Å². The average molecular weight is 950 g/mol. The highest BCUT2D eigenvalue weighted by molar-refractivity contribution is 7.90. The van der Waals surface area contributed by atoms with Crippen molar-refractivity contribution < 1.29 is 37.1 Å². The van der Waals surface area contributed by atoms with Crippen molar-refractivity contribution in [3.63, 3.8) is 0 Å². The maximum atomic E-state index is 14.8. The number of aromatic amines is 1. The fourth-order valence-corrected chi connectivity index (χ4v) is 12.7. The van der Waals surface area contributed by atoms with Gasteiger partial charge in [-0.25, -0.2) is 22.5 Å². The van der Waals surface area contributed by atoms with Crippen LogP contribution in [0.3, 0.4) is 0 Å². The molecule has 10 rings (SSSR count). The summed E-state index contributed by atoms with van der Waals surface area (Å²) in [5.41, 5.74) is 3.34. The molecule has 0 bridgehead atoms. The molecule has 3 aliphatic heterocycles. The number of nitro groups is 1. The van der Waals surface area contributed by atoms with E-state index in [1.165, 1.54) is 48.4 Å². The highest BCUT2D eigenvalue weighted by atomic mass is 32.2. The Hall–Kier alpha value is -5.78. The van der Waals surface area contributed by atoms with Crippen LogP contribution >= 0.6 is 0 Å². The number of benzene rings is 3. The van der Waals surface area contributed by atoms with E-state index < -0.39 is 42.9 Å². The van der Waals surface area contributed by atoms with Gasteiger partial charge in [-0.05, 0) is 131 Å². The molecule has 2 saturated carbocycles. The average Bonchev–Trinajstić information content (AvgIpc) is 3.93. The van der Waals surface area contributed by atoms with Crippen LogP contribution in [0.4, 0.5) is 21.5 Å². The van der Waals surface area contributed by atoms with Gasteiger partial charge in [-0.1, -0.05) is 38.1 Å². The van der Waals surface area contributed by atoms with Crippen molar-refractivity contribution in [1.29, 1.82) is 0 Å². The number of aromatic nitrogens is 2. The van der Waals surface area contributed by atoms with Crippen molar-refractivity contribution in [2.45, 2.75) is 126 Å². The Bertz CT molecular complexity index is 2880. The van der Waals surface area contributed by atoms with Crippen molar-refractivity contribution in [2.75, 3.05) is 36.5 Å². The maximum absolute atomic E-state index is 14.8. The number of aliphatic hydroxyl groups is 1. The van der Waals surface area contributed by atoms with Crippen LogP contribution in [0.1, 0.15) is 124 Å². The number of hydrogen-bond donors (Lipinski definition) is 4. The summed E-state index contributed by atoms with van der Waals surface area (Å²) < 4.78 is 57.3. The third kappa shape index (κ3) is 8.77. The predicted octanol–water partition coefficient (Wildman–Crippen LogP) is 9.65. The van der Waals surface area contributed by atoms with Crippen LogP contribution in [0.25, 0.3) is 11.0 Å². The Balaban J connectivity index is 0.874. The number of nitro benzene ring substituents is 1.